The first-order chi connectivity index (χ1) is 15.2. The van der Waals surface area contributed by atoms with Gasteiger partial charge in [0.15, 0.2) is 9.84 Å². The Balaban J connectivity index is 1.64. The second-order valence-corrected chi connectivity index (χ2v) is 10.3. The predicted molar refractivity (Wildman–Crippen MR) is 129 cm³/mol. The fourth-order valence-electron chi connectivity index (χ4n) is 3.81. The molecule has 0 radical (unpaired) electrons. The van der Waals surface area contributed by atoms with E-state index in [-0.39, 0.29) is 23.1 Å². The van der Waals surface area contributed by atoms with Crippen LogP contribution in [0.25, 0.3) is 10.9 Å². The number of benzene rings is 3. The minimum atomic E-state index is -3.65. The van der Waals surface area contributed by atoms with E-state index in [1.54, 1.807) is 47.2 Å². The Morgan fingerprint density at radius 1 is 1.00 bits per heavy atom. The maximum absolute atomic E-state index is 13.2. The molecule has 0 bridgehead atoms. The summed E-state index contributed by atoms with van der Waals surface area (Å²) < 4.78 is 28.2. The first kappa shape index (κ1) is 22.1. The number of carbonyl (C=O) groups is 1. The van der Waals surface area contributed by atoms with E-state index in [4.69, 9.17) is 11.6 Å². The fraction of sp³-hybridized carbons (Fsp3) is 0.160. The number of para-hydroxylation sites is 1. The van der Waals surface area contributed by atoms with Crippen LogP contribution in [0.3, 0.4) is 0 Å². The lowest BCUT2D eigenvalue weighted by atomic mass is 10.1. The second-order valence-electron chi connectivity index (χ2n) is 7.89. The standard InChI is InChI=1S/C25H23ClN2O3S/c1-17-10-11-22(18(2)12-17)27-25(29)15-28-14-24(21-8-3-4-9-23(21)28)32(30,31)16-19-6-5-7-20(26)13-19/h3-14H,15-16H2,1-2H3,(H,27,29). The van der Waals surface area contributed by atoms with Crippen molar-refractivity contribution in [3.63, 3.8) is 0 Å². The van der Waals surface area contributed by atoms with Crippen molar-refractivity contribution in [2.45, 2.75) is 31.0 Å². The third-order valence-corrected chi connectivity index (χ3v) is 7.25. The monoisotopic (exact) mass is 466 g/mol. The second kappa shape index (κ2) is 8.81. The molecule has 4 rings (SSSR count). The molecular formula is C25H23ClN2O3S. The lowest BCUT2D eigenvalue weighted by Gasteiger charge is -2.10. The van der Waals surface area contributed by atoms with E-state index < -0.39 is 9.84 Å². The van der Waals surface area contributed by atoms with Crippen LogP contribution in [0.1, 0.15) is 16.7 Å². The minimum absolute atomic E-state index is 0.000511. The van der Waals surface area contributed by atoms with Gasteiger partial charge in [0, 0.05) is 27.8 Å². The van der Waals surface area contributed by atoms with Gasteiger partial charge < -0.3 is 9.88 Å². The Kier molecular flexibility index (Phi) is 6.09. The number of hydrogen-bond acceptors (Lipinski definition) is 3. The number of nitrogens with one attached hydrogen (secondary N) is 1. The number of amides is 1. The van der Waals surface area contributed by atoms with Crippen LogP contribution in [0.5, 0.6) is 0 Å². The molecule has 0 atom stereocenters. The zero-order chi connectivity index (χ0) is 22.9. The number of halogens is 1. The quantitative estimate of drug-likeness (QED) is 0.406. The average molecular weight is 467 g/mol. The van der Waals surface area contributed by atoms with Crippen molar-refractivity contribution in [3.05, 3.63) is 94.6 Å². The van der Waals surface area contributed by atoms with Gasteiger partial charge in [0.05, 0.1) is 10.6 Å². The predicted octanol–water partition coefficient (Wildman–Crippen LogP) is 5.52. The van der Waals surface area contributed by atoms with Crippen LogP contribution in [0.4, 0.5) is 5.69 Å². The van der Waals surface area contributed by atoms with Crippen LogP contribution in [-0.4, -0.2) is 18.9 Å². The normalized spacial score (nSPS) is 11.6. The molecular weight excluding hydrogens is 444 g/mol. The van der Waals surface area contributed by atoms with Crippen molar-refractivity contribution in [1.82, 2.24) is 4.57 Å². The van der Waals surface area contributed by atoms with E-state index in [2.05, 4.69) is 5.32 Å². The Morgan fingerprint density at radius 3 is 2.53 bits per heavy atom. The minimum Gasteiger partial charge on any atom is -0.337 e. The van der Waals surface area contributed by atoms with Gasteiger partial charge in [-0.05, 0) is 49.2 Å². The zero-order valence-corrected chi connectivity index (χ0v) is 19.4. The number of nitrogens with zero attached hydrogens (tertiary/aromatic N) is 1. The van der Waals surface area contributed by atoms with Crippen molar-refractivity contribution in [3.8, 4) is 0 Å². The highest BCUT2D eigenvalue weighted by molar-refractivity contribution is 7.90. The Bertz CT molecular complexity index is 1420. The van der Waals surface area contributed by atoms with Crippen LogP contribution >= 0.6 is 11.6 Å². The Labute approximate surface area is 192 Å². The first-order valence-electron chi connectivity index (χ1n) is 10.1. The number of aromatic nitrogens is 1. The summed E-state index contributed by atoms with van der Waals surface area (Å²) in [5, 5.41) is 4.00. The van der Waals surface area contributed by atoms with Gasteiger partial charge in [0.1, 0.15) is 6.54 Å². The Hall–Kier alpha value is -3.09. The smallest absolute Gasteiger partial charge is 0.244 e. The number of fused-ring (bicyclic) bond motifs is 1. The van der Waals surface area contributed by atoms with Gasteiger partial charge in [-0.25, -0.2) is 8.42 Å². The highest BCUT2D eigenvalue weighted by Crippen LogP contribution is 2.28. The highest BCUT2D eigenvalue weighted by Gasteiger charge is 2.22. The maximum atomic E-state index is 13.2. The molecule has 3 aromatic carbocycles. The molecule has 0 fully saturated rings. The average Bonchev–Trinajstić information content (AvgIpc) is 3.09. The maximum Gasteiger partial charge on any atom is 0.244 e. The number of aryl methyl sites for hydroxylation is 2. The molecule has 1 heterocycles. The summed E-state index contributed by atoms with van der Waals surface area (Å²) in [6, 6.07) is 19.8. The third-order valence-electron chi connectivity index (χ3n) is 5.30. The lowest BCUT2D eigenvalue weighted by Crippen LogP contribution is -2.18. The number of anilines is 1. The molecule has 5 nitrogen and oxygen atoms in total. The lowest BCUT2D eigenvalue weighted by molar-refractivity contribution is -0.116. The van der Waals surface area contributed by atoms with Gasteiger partial charge in [0.25, 0.3) is 0 Å². The molecule has 0 saturated heterocycles. The molecule has 4 aromatic rings. The molecule has 1 N–H and O–H groups in total. The Morgan fingerprint density at radius 2 is 1.78 bits per heavy atom. The van der Waals surface area contributed by atoms with Crippen molar-refractivity contribution in [1.29, 1.82) is 0 Å². The summed E-state index contributed by atoms with van der Waals surface area (Å²) in [4.78, 5) is 13.0. The van der Waals surface area contributed by atoms with Crippen LogP contribution in [-0.2, 0) is 26.9 Å². The first-order valence-corrected chi connectivity index (χ1v) is 12.2. The topological polar surface area (TPSA) is 68.2 Å². The molecule has 32 heavy (non-hydrogen) atoms. The molecule has 1 amide bonds. The van der Waals surface area contributed by atoms with E-state index in [1.807, 2.05) is 44.2 Å². The molecule has 1 aromatic heterocycles. The molecule has 0 aliphatic rings. The highest BCUT2D eigenvalue weighted by atomic mass is 35.5. The van der Waals surface area contributed by atoms with E-state index in [1.165, 1.54) is 0 Å². The van der Waals surface area contributed by atoms with Crippen LogP contribution in [0.15, 0.2) is 77.8 Å². The molecule has 7 heteroatoms. The fourth-order valence-corrected chi connectivity index (χ4v) is 5.60. The molecule has 0 aliphatic heterocycles. The largest absolute Gasteiger partial charge is 0.337 e. The molecule has 164 valence electrons. The van der Waals surface area contributed by atoms with Crippen molar-refractivity contribution in [2.75, 3.05) is 5.32 Å². The van der Waals surface area contributed by atoms with E-state index >= 15 is 0 Å². The summed E-state index contributed by atoms with van der Waals surface area (Å²) in [5.74, 6) is -0.396. The summed E-state index contributed by atoms with van der Waals surface area (Å²) >= 11 is 6.02. The summed E-state index contributed by atoms with van der Waals surface area (Å²) in [7, 11) is -3.65. The van der Waals surface area contributed by atoms with Gasteiger partial charge in [0.2, 0.25) is 5.91 Å². The zero-order valence-electron chi connectivity index (χ0n) is 17.8. The van der Waals surface area contributed by atoms with Gasteiger partial charge in [-0.3, -0.25) is 4.79 Å². The molecule has 0 saturated carbocycles. The van der Waals surface area contributed by atoms with Crippen LogP contribution in [0, 0.1) is 13.8 Å². The molecule has 0 aliphatic carbocycles. The number of sulfone groups is 1. The third kappa shape index (κ3) is 4.71. The van der Waals surface area contributed by atoms with Crippen molar-refractivity contribution in [2.24, 2.45) is 0 Å². The van der Waals surface area contributed by atoms with Gasteiger partial charge >= 0.3 is 0 Å². The number of rotatable bonds is 6. The van der Waals surface area contributed by atoms with Gasteiger partial charge in [-0.1, -0.05) is 59.6 Å². The summed E-state index contributed by atoms with van der Waals surface area (Å²) in [6.45, 7) is 3.94. The number of carbonyl (C=O) groups excluding carboxylic acids is 1. The van der Waals surface area contributed by atoms with Crippen LogP contribution < -0.4 is 5.32 Å². The van der Waals surface area contributed by atoms with Crippen molar-refractivity contribution < 1.29 is 13.2 Å². The summed E-state index contributed by atoms with van der Waals surface area (Å²) in [5.41, 5.74) is 4.13. The number of hydrogen-bond donors (Lipinski definition) is 1. The van der Waals surface area contributed by atoms with Crippen molar-refractivity contribution >= 4 is 43.9 Å². The molecule has 0 unspecified atom stereocenters. The SMILES string of the molecule is Cc1ccc(NC(=O)Cn2cc(S(=O)(=O)Cc3cccc(Cl)c3)c3ccccc32)c(C)c1. The van der Waals surface area contributed by atoms with Gasteiger partial charge in [-0.2, -0.15) is 0 Å². The van der Waals surface area contributed by atoms with E-state index in [0.717, 1.165) is 16.8 Å². The van der Waals surface area contributed by atoms with Gasteiger partial charge in [-0.15, -0.1) is 0 Å². The van der Waals surface area contributed by atoms with E-state index in [0.29, 0.717) is 21.5 Å². The summed E-state index contributed by atoms with van der Waals surface area (Å²) in [6.07, 6.45) is 1.55. The van der Waals surface area contributed by atoms with E-state index in [9.17, 15) is 13.2 Å². The van der Waals surface area contributed by atoms with Crippen LogP contribution in [0.2, 0.25) is 5.02 Å². The molecule has 0 spiro atoms.